The Balaban J connectivity index is 2.02. The fraction of sp³-hybridized carbons (Fsp3) is 0.267. The fourth-order valence-electron chi connectivity index (χ4n) is 1.61. The van der Waals surface area contributed by atoms with Crippen LogP contribution in [0.25, 0.3) is 0 Å². The van der Waals surface area contributed by atoms with Gasteiger partial charge < -0.3 is 15.4 Å². The topological polar surface area (TPSA) is 76.1 Å². The van der Waals surface area contributed by atoms with Crippen LogP contribution in [0.2, 0.25) is 0 Å². The molecule has 0 saturated heterocycles. The number of ether oxygens (including phenoxy) is 1. The second-order valence-electron chi connectivity index (χ2n) is 4.57. The third-order valence-corrected chi connectivity index (χ3v) is 2.92. The average molecular weight is 286 g/mol. The van der Waals surface area contributed by atoms with Gasteiger partial charge in [-0.05, 0) is 32.2 Å². The first-order chi connectivity index (χ1) is 10.2. The van der Waals surface area contributed by atoms with Crippen molar-refractivity contribution in [3.05, 3.63) is 48.4 Å². The van der Waals surface area contributed by atoms with Crippen molar-refractivity contribution in [3.8, 4) is 11.6 Å². The van der Waals surface area contributed by atoms with E-state index in [1.165, 1.54) is 6.20 Å². The van der Waals surface area contributed by atoms with Gasteiger partial charge in [0.15, 0.2) is 0 Å². The molecule has 6 nitrogen and oxygen atoms in total. The van der Waals surface area contributed by atoms with Crippen LogP contribution in [0.3, 0.4) is 0 Å². The predicted molar refractivity (Wildman–Crippen MR) is 79.4 cm³/mol. The largest absolute Gasteiger partial charge is 0.437 e. The number of amides is 1. The first-order valence-corrected chi connectivity index (χ1v) is 6.68. The van der Waals surface area contributed by atoms with E-state index < -0.39 is 0 Å². The Morgan fingerprint density at radius 3 is 2.95 bits per heavy atom. The second-order valence-corrected chi connectivity index (χ2v) is 4.57. The minimum absolute atomic E-state index is 0.137. The highest BCUT2D eigenvalue weighted by molar-refractivity contribution is 5.94. The molecule has 2 rings (SSSR count). The lowest BCUT2D eigenvalue weighted by Gasteiger charge is -2.12. The van der Waals surface area contributed by atoms with Gasteiger partial charge in [-0.25, -0.2) is 4.98 Å². The van der Waals surface area contributed by atoms with E-state index in [0.717, 1.165) is 0 Å². The quantitative estimate of drug-likeness (QED) is 0.843. The van der Waals surface area contributed by atoms with Crippen LogP contribution in [-0.2, 0) is 0 Å². The summed E-state index contributed by atoms with van der Waals surface area (Å²) in [6.45, 7) is 2.55. The Bertz CT molecular complexity index is 589. The maximum Gasteiger partial charge on any atom is 0.251 e. The van der Waals surface area contributed by atoms with Gasteiger partial charge in [0, 0.05) is 30.5 Å². The number of rotatable bonds is 6. The summed E-state index contributed by atoms with van der Waals surface area (Å²) in [4.78, 5) is 20.0. The Kier molecular flexibility index (Phi) is 5.22. The van der Waals surface area contributed by atoms with Crippen LogP contribution in [0.1, 0.15) is 17.3 Å². The number of carbonyl (C=O) groups excluding carboxylic acids is 1. The molecule has 0 saturated carbocycles. The molecular formula is C15H18N4O2. The lowest BCUT2D eigenvalue weighted by atomic mass is 10.2. The van der Waals surface area contributed by atoms with Crippen molar-refractivity contribution < 1.29 is 9.53 Å². The predicted octanol–water partition coefficient (Wildman–Crippen LogP) is 1.61. The van der Waals surface area contributed by atoms with Gasteiger partial charge in [0.25, 0.3) is 5.91 Å². The lowest BCUT2D eigenvalue weighted by Crippen LogP contribution is -2.37. The number of benzene rings is 1. The van der Waals surface area contributed by atoms with Gasteiger partial charge in [-0.3, -0.25) is 9.78 Å². The van der Waals surface area contributed by atoms with Crippen LogP contribution in [0.5, 0.6) is 11.6 Å². The molecule has 1 amide bonds. The molecule has 21 heavy (non-hydrogen) atoms. The number of carbonyl (C=O) groups is 1. The van der Waals surface area contributed by atoms with Crippen LogP contribution in [0.4, 0.5) is 0 Å². The number of nitrogens with one attached hydrogen (secondary N) is 2. The summed E-state index contributed by atoms with van der Waals surface area (Å²) in [5.74, 6) is 0.797. The monoisotopic (exact) mass is 286 g/mol. The summed E-state index contributed by atoms with van der Waals surface area (Å²) in [7, 11) is 1.85. The van der Waals surface area contributed by atoms with Crippen molar-refractivity contribution in [1.29, 1.82) is 0 Å². The average Bonchev–Trinajstić information content (AvgIpc) is 2.53. The minimum Gasteiger partial charge on any atom is -0.437 e. The second kappa shape index (κ2) is 7.35. The smallest absolute Gasteiger partial charge is 0.251 e. The molecule has 0 spiro atoms. The summed E-state index contributed by atoms with van der Waals surface area (Å²) >= 11 is 0. The normalized spacial score (nSPS) is 11.7. The van der Waals surface area contributed by atoms with Gasteiger partial charge in [-0.1, -0.05) is 6.07 Å². The summed E-state index contributed by atoms with van der Waals surface area (Å²) in [6, 6.07) is 7.16. The SMILES string of the molecule is CNC(C)CNC(=O)c1cccc(Oc2cnccn2)c1. The summed E-state index contributed by atoms with van der Waals surface area (Å²) in [6.07, 6.45) is 4.63. The van der Waals surface area contributed by atoms with Gasteiger partial charge in [-0.15, -0.1) is 0 Å². The molecule has 1 atom stereocenters. The Hall–Kier alpha value is -2.47. The molecule has 1 unspecified atom stereocenters. The van der Waals surface area contributed by atoms with Crippen LogP contribution in [0.15, 0.2) is 42.9 Å². The molecule has 0 fully saturated rings. The highest BCUT2D eigenvalue weighted by Crippen LogP contribution is 2.19. The zero-order valence-electron chi connectivity index (χ0n) is 12.0. The molecular weight excluding hydrogens is 268 g/mol. The summed E-state index contributed by atoms with van der Waals surface area (Å²) < 4.78 is 5.55. The van der Waals surface area contributed by atoms with E-state index in [2.05, 4.69) is 20.6 Å². The number of hydrogen-bond acceptors (Lipinski definition) is 5. The van der Waals surface area contributed by atoms with E-state index in [1.807, 2.05) is 14.0 Å². The van der Waals surface area contributed by atoms with Crippen molar-refractivity contribution in [3.63, 3.8) is 0 Å². The van der Waals surface area contributed by atoms with Crippen molar-refractivity contribution in [1.82, 2.24) is 20.6 Å². The molecule has 0 bridgehead atoms. The van der Waals surface area contributed by atoms with E-state index in [4.69, 9.17) is 4.74 Å². The molecule has 0 aliphatic rings. The van der Waals surface area contributed by atoms with Gasteiger partial charge in [-0.2, -0.15) is 0 Å². The molecule has 1 aromatic heterocycles. The highest BCUT2D eigenvalue weighted by Gasteiger charge is 2.08. The third kappa shape index (κ3) is 4.54. The number of aromatic nitrogens is 2. The maximum atomic E-state index is 12.0. The van der Waals surface area contributed by atoms with E-state index in [-0.39, 0.29) is 11.9 Å². The summed E-state index contributed by atoms with van der Waals surface area (Å²) in [5.41, 5.74) is 0.541. The molecule has 2 N–H and O–H groups in total. The van der Waals surface area contributed by atoms with Gasteiger partial charge in [0.1, 0.15) is 5.75 Å². The van der Waals surface area contributed by atoms with Gasteiger partial charge in [0.2, 0.25) is 5.88 Å². The molecule has 6 heteroatoms. The Labute approximate surface area is 123 Å². The van der Waals surface area contributed by atoms with E-state index in [0.29, 0.717) is 23.7 Å². The van der Waals surface area contributed by atoms with E-state index >= 15 is 0 Å². The molecule has 110 valence electrons. The minimum atomic E-state index is -0.137. The highest BCUT2D eigenvalue weighted by atomic mass is 16.5. The third-order valence-electron chi connectivity index (χ3n) is 2.92. The van der Waals surface area contributed by atoms with Crippen LogP contribution in [0, 0.1) is 0 Å². The zero-order valence-corrected chi connectivity index (χ0v) is 12.0. The van der Waals surface area contributed by atoms with E-state index in [9.17, 15) is 4.79 Å². The number of likely N-dealkylation sites (N-methyl/N-ethyl adjacent to an activating group) is 1. The molecule has 1 aromatic carbocycles. The molecule has 0 aliphatic carbocycles. The molecule has 0 aliphatic heterocycles. The zero-order chi connectivity index (χ0) is 15.1. The molecule has 0 radical (unpaired) electrons. The first kappa shape index (κ1) is 14.9. The van der Waals surface area contributed by atoms with Crippen LogP contribution < -0.4 is 15.4 Å². The maximum absolute atomic E-state index is 12.0. The van der Waals surface area contributed by atoms with Crippen LogP contribution >= 0.6 is 0 Å². The van der Waals surface area contributed by atoms with Crippen molar-refractivity contribution in [2.45, 2.75) is 13.0 Å². The standard InChI is InChI=1S/C15H18N4O2/c1-11(16-2)9-19-15(20)12-4-3-5-13(8-12)21-14-10-17-6-7-18-14/h3-8,10-11,16H,9H2,1-2H3,(H,19,20). The lowest BCUT2D eigenvalue weighted by molar-refractivity contribution is 0.0950. The summed E-state index contributed by atoms with van der Waals surface area (Å²) in [5, 5.41) is 5.92. The van der Waals surface area contributed by atoms with Crippen molar-refractivity contribution in [2.75, 3.05) is 13.6 Å². The number of hydrogen-bond donors (Lipinski definition) is 2. The van der Waals surface area contributed by atoms with Crippen molar-refractivity contribution in [2.24, 2.45) is 0 Å². The van der Waals surface area contributed by atoms with Crippen LogP contribution in [-0.4, -0.2) is 35.5 Å². The first-order valence-electron chi connectivity index (χ1n) is 6.68. The molecule has 1 heterocycles. The fourth-order valence-corrected chi connectivity index (χ4v) is 1.61. The number of nitrogens with zero attached hydrogens (tertiary/aromatic N) is 2. The van der Waals surface area contributed by atoms with E-state index in [1.54, 1.807) is 36.7 Å². The Morgan fingerprint density at radius 1 is 1.38 bits per heavy atom. The van der Waals surface area contributed by atoms with Crippen molar-refractivity contribution >= 4 is 5.91 Å². The Morgan fingerprint density at radius 2 is 2.24 bits per heavy atom. The van der Waals surface area contributed by atoms with Gasteiger partial charge in [0.05, 0.1) is 6.20 Å². The molecule has 2 aromatic rings. The van der Waals surface area contributed by atoms with Gasteiger partial charge >= 0.3 is 0 Å².